The number of methoxy groups -OCH3 is 1. The largest absolute Gasteiger partial charge is 0.495 e. The number of nitrogen functional groups attached to an aromatic ring is 1. The van der Waals surface area contributed by atoms with E-state index in [-0.39, 0.29) is 0 Å². The lowest BCUT2D eigenvalue weighted by molar-refractivity contribution is 0.415. The minimum atomic E-state index is 0.430. The molecular weight excluding hydrogens is 378 g/mol. The number of nitrogens with one attached hydrogen (secondary N) is 2. The van der Waals surface area contributed by atoms with E-state index >= 15 is 0 Å². The van der Waals surface area contributed by atoms with E-state index in [1.54, 1.807) is 31.8 Å². The number of aromatic nitrogens is 4. The quantitative estimate of drug-likeness (QED) is 0.348. The highest BCUT2D eigenvalue weighted by atomic mass is 35.5. The zero-order valence-corrected chi connectivity index (χ0v) is 16.0. The third kappa shape index (κ3) is 3.30. The number of benzene rings is 2. The van der Waals surface area contributed by atoms with Crippen molar-refractivity contribution in [3.8, 4) is 11.4 Å². The van der Waals surface area contributed by atoms with Crippen LogP contribution in [-0.4, -0.2) is 26.6 Å². The minimum Gasteiger partial charge on any atom is -0.495 e. The summed E-state index contributed by atoms with van der Waals surface area (Å²) in [6.07, 6.45) is 3.38. The predicted molar refractivity (Wildman–Crippen MR) is 110 cm³/mol. The number of fused-ring (bicyclic) bond motifs is 1. The van der Waals surface area contributed by atoms with Crippen molar-refractivity contribution >= 4 is 40.1 Å². The van der Waals surface area contributed by atoms with Crippen LogP contribution >= 0.6 is 11.6 Å². The summed E-state index contributed by atoms with van der Waals surface area (Å²) < 4.78 is 7.05. The van der Waals surface area contributed by atoms with Crippen molar-refractivity contribution in [1.82, 2.24) is 19.5 Å². The predicted octanol–water partition coefficient (Wildman–Crippen LogP) is 3.82. The van der Waals surface area contributed by atoms with E-state index < -0.39 is 0 Å². The molecule has 2 heterocycles. The lowest BCUT2D eigenvalue weighted by Crippen LogP contribution is -2.09. The Morgan fingerprint density at radius 2 is 2.00 bits per heavy atom. The Labute approximate surface area is 166 Å². The summed E-state index contributed by atoms with van der Waals surface area (Å²) in [5, 5.41) is 3.65. The molecule has 0 unspecified atom stereocenters. The van der Waals surface area contributed by atoms with E-state index in [4.69, 9.17) is 22.2 Å². The average Bonchev–Trinajstić information content (AvgIpc) is 3.12. The third-order valence-corrected chi connectivity index (χ3v) is 4.65. The van der Waals surface area contributed by atoms with E-state index in [9.17, 15) is 0 Å². The second-order valence-corrected chi connectivity index (χ2v) is 6.54. The molecule has 0 amide bonds. The van der Waals surface area contributed by atoms with Gasteiger partial charge in [-0.05, 0) is 42.8 Å². The fourth-order valence-corrected chi connectivity index (χ4v) is 3.10. The topological polar surface area (TPSA) is 103 Å². The van der Waals surface area contributed by atoms with Crippen molar-refractivity contribution in [3.05, 3.63) is 59.5 Å². The monoisotopic (exact) mass is 395 g/mol. The molecule has 4 N–H and O–H groups in total. The molecule has 0 saturated carbocycles. The fourth-order valence-electron chi connectivity index (χ4n) is 2.85. The first-order chi connectivity index (χ1) is 13.6. The molecule has 0 aliphatic heterocycles. The summed E-state index contributed by atoms with van der Waals surface area (Å²) in [7, 11) is 1.57. The number of anilines is 3. The maximum atomic E-state index is 6.18. The zero-order chi connectivity index (χ0) is 19.7. The Balaban J connectivity index is 1.71. The van der Waals surface area contributed by atoms with Crippen LogP contribution in [0.25, 0.3) is 16.9 Å². The van der Waals surface area contributed by atoms with Gasteiger partial charge in [-0.2, -0.15) is 4.98 Å². The number of halogens is 1. The van der Waals surface area contributed by atoms with Crippen molar-refractivity contribution in [2.45, 2.75) is 6.92 Å². The van der Waals surface area contributed by atoms with Crippen LogP contribution in [0.1, 0.15) is 5.56 Å². The summed E-state index contributed by atoms with van der Waals surface area (Å²) in [4.78, 5) is 13.3. The Morgan fingerprint density at radius 1 is 1.14 bits per heavy atom. The van der Waals surface area contributed by atoms with E-state index in [0.717, 1.165) is 22.6 Å². The first-order valence-electron chi connectivity index (χ1n) is 8.47. The highest BCUT2D eigenvalue weighted by Gasteiger charge is 2.10. The molecule has 4 rings (SSSR count). The number of ether oxygens (including phenoxy) is 1. The molecular formula is C19H18ClN7O. The second kappa shape index (κ2) is 7.34. The first-order valence-corrected chi connectivity index (χ1v) is 8.85. The van der Waals surface area contributed by atoms with Crippen LogP contribution in [0.2, 0.25) is 5.02 Å². The standard InChI is InChI=1S/C19H18ClN7O/c1-11-3-5-13(8-15(11)26-21)27-10-23-16-9-22-19(25-18(16)27)24-12-4-6-17(28-2)14(20)7-12/h3-10,26H,21H2,1-2H3,(H,22,24,25). The molecule has 9 heteroatoms. The number of imidazole rings is 1. The molecule has 0 spiro atoms. The van der Waals surface area contributed by atoms with Gasteiger partial charge in [0.15, 0.2) is 5.65 Å². The van der Waals surface area contributed by atoms with Crippen LogP contribution in [0.3, 0.4) is 0 Å². The van der Waals surface area contributed by atoms with Crippen LogP contribution in [0, 0.1) is 6.92 Å². The number of hydrazine groups is 1. The summed E-state index contributed by atoms with van der Waals surface area (Å²) in [6, 6.07) is 11.3. The van der Waals surface area contributed by atoms with Gasteiger partial charge < -0.3 is 15.5 Å². The van der Waals surface area contributed by atoms with Crippen LogP contribution in [0.15, 0.2) is 48.9 Å². The average molecular weight is 396 g/mol. The zero-order valence-electron chi connectivity index (χ0n) is 15.3. The minimum absolute atomic E-state index is 0.430. The molecule has 28 heavy (non-hydrogen) atoms. The van der Waals surface area contributed by atoms with Crippen LogP contribution in [0.5, 0.6) is 5.75 Å². The fraction of sp³-hybridized carbons (Fsp3) is 0.105. The lowest BCUT2D eigenvalue weighted by atomic mass is 10.2. The molecule has 8 nitrogen and oxygen atoms in total. The number of rotatable bonds is 5. The first kappa shape index (κ1) is 18.0. The van der Waals surface area contributed by atoms with Gasteiger partial charge in [-0.25, -0.2) is 9.97 Å². The number of aryl methyl sites for hydroxylation is 1. The summed E-state index contributed by atoms with van der Waals surface area (Å²) in [5.41, 5.74) is 7.57. The molecule has 142 valence electrons. The maximum Gasteiger partial charge on any atom is 0.229 e. The summed E-state index contributed by atoms with van der Waals surface area (Å²) in [5.74, 6) is 6.63. The molecule has 0 atom stereocenters. The van der Waals surface area contributed by atoms with Crippen molar-refractivity contribution < 1.29 is 4.74 Å². The van der Waals surface area contributed by atoms with Gasteiger partial charge in [0.05, 0.1) is 29.7 Å². The van der Waals surface area contributed by atoms with Gasteiger partial charge in [-0.3, -0.25) is 10.4 Å². The van der Waals surface area contributed by atoms with E-state index in [1.807, 2.05) is 35.8 Å². The van der Waals surface area contributed by atoms with Crippen molar-refractivity contribution in [2.24, 2.45) is 5.84 Å². The molecule has 2 aromatic heterocycles. The van der Waals surface area contributed by atoms with Crippen LogP contribution in [0.4, 0.5) is 17.3 Å². The molecule has 0 saturated heterocycles. The van der Waals surface area contributed by atoms with Gasteiger partial charge >= 0.3 is 0 Å². The summed E-state index contributed by atoms with van der Waals surface area (Å²) in [6.45, 7) is 1.98. The second-order valence-electron chi connectivity index (χ2n) is 6.13. The van der Waals surface area contributed by atoms with Gasteiger partial charge in [0.2, 0.25) is 5.95 Å². The number of nitrogens with two attached hydrogens (primary N) is 1. The Kier molecular flexibility index (Phi) is 4.72. The van der Waals surface area contributed by atoms with E-state index in [1.165, 1.54) is 0 Å². The number of hydrogen-bond acceptors (Lipinski definition) is 7. The smallest absolute Gasteiger partial charge is 0.229 e. The van der Waals surface area contributed by atoms with Gasteiger partial charge in [0.1, 0.15) is 17.6 Å². The Bertz CT molecular complexity index is 1160. The highest BCUT2D eigenvalue weighted by Crippen LogP contribution is 2.28. The van der Waals surface area contributed by atoms with Crippen LogP contribution in [-0.2, 0) is 0 Å². The van der Waals surface area contributed by atoms with Crippen molar-refractivity contribution in [3.63, 3.8) is 0 Å². The maximum absolute atomic E-state index is 6.18. The SMILES string of the molecule is COc1ccc(Nc2ncc3ncn(-c4ccc(C)c(NN)c4)c3n2)cc1Cl. The number of hydrogen-bond donors (Lipinski definition) is 3. The summed E-state index contributed by atoms with van der Waals surface area (Å²) >= 11 is 6.18. The van der Waals surface area contributed by atoms with Gasteiger partial charge in [0, 0.05) is 5.69 Å². The molecule has 4 aromatic rings. The normalized spacial score (nSPS) is 10.9. The van der Waals surface area contributed by atoms with Crippen molar-refractivity contribution in [2.75, 3.05) is 17.9 Å². The van der Waals surface area contributed by atoms with E-state index in [2.05, 4.69) is 25.7 Å². The van der Waals surface area contributed by atoms with Gasteiger partial charge in [-0.1, -0.05) is 17.7 Å². The molecule has 0 radical (unpaired) electrons. The molecule has 2 aromatic carbocycles. The molecule has 0 fully saturated rings. The van der Waals surface area contributed by atoms with Gasteiger partial charge in [0.25, 0.3) is 0 Å². The third-order valence-electron chi connectivity index (χ3n) is 4.35. The molecule has 0 bridgehead atoms. The lowest BCUT2D eigenvalue weighted by Gasteiger charge is -2.10. The number of nitrogens with zero attached hydrogens (tertiary/aromatic N) is 4. The molecule has 0 aliphatic rings. The van der Waals surface area contributed by atoms with Crippen molar-refractivity contribution in [1.29, 1.82) is 0 Å². The Hall–Kier alpha value is -3.36. The Morgan fingerprint density at radius 3 is 2.75 bits per heavy atom. The van der Waals surface area contributed by atoms with Crippen LogP contribution < -0.4 is 21.3 Å². The molecule has 0 aliphatic carbocycles. The van der Waals surface area contributed by atoms with Gasteiger partial charge in [-0.15, -0.1) is 0 Å². The van der Waals surface area contributed by atoms with E-state index in [0.29, 0.717) is 27.9 Å². The highest BCUT2D eigenvalue weighted by molar-refractivity contribution is 6.32.